The van der Waals surface area contributed by atoms with Gasteiger partial charge in [-0.05, 0) is 17.2 Å². The minimum absolute atomic E-state index is 0.274. The van der Waals surface area contributed by atoms with Crippen molar-refractivity contribution in [2.75, 3.05) is 0 Å². The molecule has 0 aliphatic heterocycles. The molecule has 0 spiro atoms. The Labute approximate surface area is 99.7 Å². The molecule has 17 heavy (non-hydrogen) atoms. The van der Waals surface area contributed by atoms with Crippen molar-refractivity contribution in [1.82, 2.24) is 4.98 Å². The zero-order valence-electron chi connectivity index (χ0n) is 8.95. The van der Waals surface area contributed by atoms with Gasteiger partial charge in [-0.1, -0.05) is 36.4 Å². The van der Waals surface area contributed by atoms with E-state index in [1.165, 1.54) is 6.20 Å². The van der Waals surface area contributed by atoms with E-state index in [1.54, 1.807) is 12.1 Å². The van der Waals surface area contributed by atoms with Crippen molar-refractivity contribution in [3.8, 4) is 0 Å². The topological polar surface area (TPSA) is 67.3 Å². The number of hydrogen-bond acceptors (Lipinski definition) is 3. The van der Waals surface area contributed by atoms with Crippen LogP contribution in [0.25, 0.3) is 0 Å². The normalized spacial score (nSPS) is 11.4. The van der Waals surface area contributed by atoms with E-state index in [2.05, 4.69) is 4.98 Å². The molecule has 1 heterocycles. The van der Waals surface area contributed by atoms with Gasteiger partial charge in [0.25, 0.3) is 0 Å². The summed E-state index contributed by atoms with van der Waals surface area (Å²) in [5.74, 6) is 0. The van der Waals surface area contributed by atoms with Crippen LogP contribution in [0.15, 0.2) is 53.7 Å². The summed E-state index contributed by atoms with van der Waals surface area (Å²) in [6.07, 6.45) is 1.77. The standard InChI is InChI=1S/C12H11NO3S/c14-17(15,16)12-11(7-4-8-13-12)9-10-5-2-1-3-6-10/h1-8H,9H2,(H,14,15,16). The maximum Gasteiger partial charge on any atom is 0.312 e. The lowest BCUT2D eigenvalue weighted by molar-refractivity contribution is 0.478. The molecule has 1 aromatic heterocycles. The lowest BCUT2D eigenvalue weighted by Crippen LogP contribution is -2.06. The summed E-state index contributed by atoms with van der Waals surface area (Å²) in [6, 6.07) is 12.7. The maximum absolute atomic E-state index is 11.1. The van der Waals surface area contributed by atoms with Crippen LogP contribution in [-0.4, -0.2) is 18.0 Å². The third-order valence-electron chi connectivity index (χ3n) is 2.33. The molecule has 88 valence electrons. The smallest absolute Gasteiger partial charge is 0.281 e. The van der Waals surface area contributed by atoms with Gasteiger partial charge in [-0.2, -0.15) is 8.42 Å². The second kappa shape index (κ2) is 4.65. The van der Waals surface area contributed by atoms with Gasteiger partial charge in [0.2, 0.25) is 0 Å². The molecule has 0 amide bonds. The summed E-state index contributed by atoms with van der Waals surface area (Å²) >= 11 is 0. The molecule has 1 aromatic carbocycles. The van der Waals surface area contributed by atoms with Crippen LogP contribution in [0.4, 0.5) is 0 Å². The van der Waals surface area contributed by atoms with Gasteiger partial charge in [0, 0.05) is 12.6 Å². The minimum Gasteiger partial charge on any atom is -0.281 e. The van der Waals surface area contributed by atoms with E-state index in [9.17, 15) is 8.42 Å². The van der Waals surface area contributed by atoms with Crippen molar-refractivity contribution in [3.63, 3.8) is 0 Å². The molecule has 5 heteroatoms. The SMILES string of the molecule is O=S(=O)(O)c1ncccc1Cc1ccccc1. The summed E-state index contributed by atoms with van der Waals surface area (Å²) in [5.41, 5.74) is 1.45. The fraction of sp³-hybridized carbons (Fsp3) is 0.0833. The van der Waals surface area contributed by atoms with Gasteiger partial charge in [-0.15, -0.1) is 0 Å². The number of aromatic nitrogens is 1. The quantitative estimate of drug-likeness (QED) is 0.844. The van der Waals surface area contributed by atoms with E-state index in [4.69, 9.17) is 4.55 Å². The zero-order valence-corrected chi connectivity index (χ0v) is 9.76. The van der Waals surface area contributed by atoms with Crippen LogP contribution < -0.4 is 0 Å². The molecule has 0 bridgehead atoms. The summed E-state index contributed by atoms with van der Waals surface area (Å²) in [5, 5.41) is -0.274. The highest BCUT2D eigenvalue weighted by Crippen LogP contribution is 2.16. The van der Waals surface area contributed by atoms with Crippen LogP contribution in [-0.2, 0) is 16.5 Å². The molecule has 0 fully saturated rings. The summed E-state index contributed by atoms with van der Waals surface area (Å²) < 4.78 is 31.3. The van der Waals surface area contributed by atoms with E-state index in [-0.39, 0.29) is 5.03 Å². The van der Waals surface area contributed by atoms with Crippen molar-refractivity contribution in [1.29, 1.82) is 0 Å². The zero-order chi connectivity index (χ0) is 12.3. The van der Waals surface area contributed by atoms with Gasteiger partial charge < -0.3 is 0 Å². The molecule has 2 aromatic rings. The van der Waals surface area contributed by atoms with Crippen molar-refractivity contribution < 1.29 is 13.0 Å². The van der Waals surface area contributed by atoms with Gasteiger partial charge in [-0.25, -0.2) is 4.98 Å². The highest BCUT2D eigenvalue weighted by atomic mass is 32.2. The number of pyridine rings is 1. The highest BCUT2D eigenvalue weighted by molar-refractivity contribution is 7.85. The van der Waals surface area contributed by atoms with Crippen LogP contribution in [0.3, 0.4) is 0 Å². The van der Waals surface area contributed by atoms with Gasteiger partial charge in [-0.3, -0.25) is 4.55 Å². The lowest BCUT2D eigenvalue weighted by Gasteiger charge is -2.05. The first kappa shape index (κ1) is 11.8. The maximum atomic E-state index is 11.1. The summed E-state index contributed by atoms with van der Waals surface area (Å²) in [4.78, 5) is 3.71. The third kappa shape index (κ3) is 2.89. The first-order chi connectivity index (χ1) is 8.07. The Hall–Kier alpha value is -1.72. The molecular weight excluding hydrogens is 238 g/mol. The lowest BCUT2D eigenvalue weighted by atomic mass is 10.1. The molecule has 0 aliphatic carbocycles. The fourth-order valence-corrected chi connectivity index (χ4v) is 2.27. The monoisotopic (exact) mass is 249 g/mol. The first-order valence-corrected chi connectivity index (χ1v) is 6.47. The Kier molecular flexibility index (Phi) is 3.21. The van der Waals surface area contributed by atoms with Crippen LogP contribution >= 0.6 is 0 Å². The molecule has 0 aliphatic rings. The Morgan fingerprint density at radius 2 is 1.76 bits per heavy atom. The molecule has 0 unspecified atom stereocenters. The van der Waals surface area contributed by atoms with Crippen LogP contribution in [0, 0.1) is 0 Å². The largest absolute Gasteiger partial charge is 0.312 e. The summed E-state index contributed by atoms with van der Waals surface area (Å²) in [6.45, 7) is 0. The van der Waals surface area contributed by atoms with Crippen molar-refractivity contribution in [2.24, 2.45) is 0 Å². The second-order valence-corrected chi connectivity index (χ2v) is 4.94. The number of hydrogen-bond donors (Lipinski definition) is 1. The van der Waals surface area contributed by atoms with Gasteiger partial charge >= 0.3 is 10.1 Å². The Balaban J connectivity index is 2.41. The predicted octanol–water partition coefficient (Wildman–Crippen LogP) is 1.92. The Bertz CT molecular complexity index is 609. The molecule has 0 saturated carbocycles. The molecule has 0 saturated heterocycles. The van der Waals surface area contributed by atoms with E-state index >= 15 is 0 Å². The van der Waals surface area contributed by atoms with E-state index < -0.39 is 10.1 Å². The van der Waals surface area contributed by atoms with E-state index in [0.29, 0.717) is 12.0 Å². The number of rotatable bonds is 3. The van der Waals surface area contributed by atoms with Crippen molar-refractivity contribution >= 4 is 10.1 Å². The fourth-order valence-electron chi connectivity index (χ4n) is 1.61. The average Bonchev–Trinajstić information content (AvgIpc) is 2.30. The molecular formula is C12H11NO3S. The van der Waals surface area contributed by atoms with Gasteiger partial charge in [0.1, 0.15) is 0 Å². The van der Waals surface area contributed by atoms with Crippen LogP contribution in [0.1, 0.15) is 11.1 Å². The minimum atomic E-state index is -4.26. The molecule has 2 rings (SSSR count). The first-order valence-electron chi connectivity index (χ1n) is 5.02. The predicted molar refractivity (Wildman–Crippen MR) is 63.3 cm³/mol. The average molecular weight is 249 g/mol. The Morgan fingerprint density at radius 1 is 1.06 bits per heavy atom. The van der Waals surface area contributed by atoms with E-state index in [1.807, 2.05) is 30.3 Å². The highest BCUT2D eigenvalue weighted by Gasteiger charge is 2.16. The molecule has 0 radical (unpaired) electrons. The Morgan fingerprint density at radius 3 is 2.41 bits per heavy atom. The van der Waals surface area contributed by atoms with Crippen molar-refractivity contribution in [2.45, 2.75) is 11.4 Å². The molecule has 0 atom stereocenters. The summed E-state index contributed by atoms with van der Waals surface area (Å²) in [7, 11) is -4.26. The number of nitrogens with zero attached hydrogens (tertiary/aromatic N) is 1. The van der Waals surface area contributed by atoms with Crippen LogP contribution in [0.2, 0.25) is 0 Å². The molecule has 4 nitrogen and oxygen atoms in total. The molecule has 1 N–H and O–H groups in total. The van der Waals surface area contributed by atoms with Crippen molar-refractivity contribution in [3.05, 3.63) is 59.8 Å². The second-order valence-electron chi connectivity index (χ2n) is 3.61. The van der Waals surface area contributed by atoms with Gasteiger partial charge in [0.15, 0.2) is 5.03 Å². The van der Waals surface area contributed by atoms with Gasteiger partial charge in [0.05, 0.1) is 0 Å². The van der Waals surface area contributed by atoms with E-state index in [0.717, 1.165) is 5.56 Å². The third-order valence-corrected chi connectivity index (χ3v) is 3.19. The number of benzene rings is 1. The van der Waals surface area contributed by atoms with Crippen LogP contribution in [0.5, 0.6) is 0 Å².